The molecule has 2 aromatic carbocycles. The average molecular weight is 1190 g/mol. The highest BCUT2D eigenvalue weighted by Gasteiger charge is 2.28. The molecule has 1 unspecified atom stereocenters. The van der Waals surface area contributed by atoms with Crippen molar-refractivity contribution in [1.29, 1.82) is 0 Å². The largest absolute Gasteiger partial charge is 0.461 e. The molecule has 1 aliphatic rings. The molecule has 0 saturated carbocycles. The van der Waals surface area contributed by atoms with Gasteiger partial charge < -0.3 is 78.2 Å². The summed E-state index contributed by atoms with van der Waals surface area (Å²) in [6.45, 7) is 9.15. The Bertz CT molecular complexity index is 2460. The number of rotatable bonds is 43. The number of nitrogens with one attached hydrogen (secondary N) is 3. The Labute approximate surface area is 490 Å². The van der Waals surface area contributed by atoms with E-state index in [2.05, 4.69) is 16.0 Å². The van der Waals surface area contributed by atoms with Crippen molar-refractivity contribution >= 4 is 70.5 Å². The average Bonchev–Trinajstić information content (AvgIpc) is 3.61. The van der Waals surface area contributed by atoms with Crippen molar-refractivity contribution in [3.63, 3.8) is 0 Å². The third kappa shape index (κ3) is 28.4. The van der Waals surface area contributed by atoms with Gasteiger partial charge in [0.05, 0.1) is 144 Å². The minimum absolute atomic E-state index is 0.0756. The molecule has 2 aromatic rings. The van der Waals surface area contributed by atoms with Crippen molar-refractivity contribution < 1.29 is 90.6 Å². The quantitative estimate of drug-likeness (QED) is 0.0451. The Morgan fingerprint density at radius 1 is 0.548 bits per heavy atom. The van der Waals surface area contributed by atoms with Gasteiger partial charge >= 0.3 is 5.97 Å². The fraction of sp³-hybridized carbons (Fsp3) is 0.579. The van der Waals surface area contributed by atoms with Crippen molar-refractivity contribution in [3.8, 4) is 0 Å². The van der Waals surface area contributed by atoms with E-state index in [-0.39, 0.29) is 51.7 Å². The second-order valence-electron chi connectivity index (χ2n) is 19.5. The number of carbonyl (C=O) groups is 10. The van der Waals surface area contributed by atoms with Crippen LogP contribution in [-0.2, 0) is 110 Å². The Morgan fingerprint density at radius 2 is 1.02 bits per heavy atom. The molecule has 0 saturated heterocycles. The van der Waals surface area contributed by atoms with Gasteiger partial charge in [-0.2, -0.15) is 0 Å². The first-order valence-electron chi connectivity index (χ1n) is 27.5. The summed E-state index contributed by atoms with van der Waals surface area (Å²) in [5.41, 5.74) is 2.44. The number of ether oxygens (including phenoxy) is 9. The van der Waals surface area contributed by atoms with Gasteiger partial charge in [0.2, 0.25) is 41.4 Å². The lowest BCUT2D eigenvalue weighted by Crippen LogP contribution is -2.53. The van der Waals surface area contributed by atoms with E-state index in [0.29, 0.717) is 114 Å². The number of likely N-dealkylation sites (N-methyl/N-ethyl adjacent to an activating group) is 3. The highest BCUT2D eigenvalue weighted by Crippen LogP contribution is 2.21. The Balaban J connectivity index is 1.34. The van der Waals surface area contributed by atoms with Gasteiger partial charge in [-0.1, -0.05) is 32.0 Å². The third-order valence-electron chi connectivity index (χ3n) is 12.3. The molecule has 9 amide bonds. The van der Waals surface area contributed by atoms with E-state index in [1.165, 1.54) is 50.0 Å². The van der Waals surface area contributed by atoms with Crippen LogP contribution in [0.2, 0.25) is 0 Å². The molecule has 466 valence electrons. The van der Waals surface area contributed by atoms with Crippen LogP contribution in [0.25, 0.3) is 0 Å². The van der Waals surface area contributed by atoms with Crippen LogP contribution in [0.5, 0.6) is 0 Å². The molecule has 84 heavy (non-hydrogen) atoms. The van der Waals surface area contributed by atoms with Gasteiger partial charge in [0, 0.05) is 66.6 Å². The first-order chi connectivity index (χ1) is 40.2. The molecule has 0 aliphatic carbocycles. The number of imide groups is 1. The molecule has 0 bridgehead atoms. The number of carbonyl (C=O) groups excluding carboxylic acids is 10. The van der Waals surface area contributed by atoms with Crippen LogP contribution in [0.4, 0.5) is 11.4 Å². The zero-order chi connectivity index (χ0) is 61.8. The summed E-state index contributed by atoms with van der Waals surface area (Å²) in [5.74, 6) is -5.62. The third-order valence-corrected chi connectivity index (χ3v) is 12.3. The maximum absolute atomic E-state index is 13.3. The van der Waals surface area contributed by atoms with Gasteiger partial charge in [0.15, 0.2) is 0 Å². The zero-order valence-corrected chi connectivity index (χ0v) is 49.6. The van der Waals surface area contributed by atoms with Crippen LogP contribution in [0, 0.1) is 5.92 Å². The van der Waals surface area contributed by atoms with E-state index in [9.17, 15) is 47.9 Å². The number of benzene rings is 2. The van der Waals surface area contributed by atoms with Crippen LogP contribution in [0.3, 0.4) is 0 Å². The second kappa shape index (κ2) is 40.1. The number of hydrogen-bond acceptors (Lipinski definition) is 19. The van der Waals surface area contributed by atoms with Crippen molar-refractivity contribution in [2.75, 3.05) is 171 Å². The number of anilines is 2. The SMILES string of the molecule is COCCOCCOCCOCCOCCOCCOCCOCCC(=O)N(C)Cc1cc(NC(=O)CNC(=O)C(NC(=O)CN(C)C(=O)CN(C)C(=O)CN(C)C(=O)Cc2ccc(N3C(=O)C=CC3=O)cc2)C(C)C)ccc1COC(C)=O. The lowest BCUT2D eigenvalue weighted by molar-refractivity contribution is -0.143. The summed E-state index contributed by atoms with van der Waals surface area (Å²) in [6.07, 6.45) is 2.33. The maximum atomic E-state index is 13.3. The molecule has 27 heteroatoms. The smallest absolute Gasteiger partial charge is 0.302 e. The van der Waals surface area contributed by atoms with Gasteiger partial charge in [0.1, 0.15) is 12.6 Å². The van der Waals surface area contributed by atoms with Crippen molar-refractivity contribution in [3.05, 3.63) is 71.3 Å². The number of nitrogens with zero attached hydrogens (tertiary/aromatic N) is 5. The summed E-state index contributed by atoms with van der Waals surface area (Å²) >= 11 is 0. The predicted octanol–water partition coefficient (Wildman–Crippen LogP) is 0.104. The second-order valence-corrected chi connectivity index (χ2v) is 19.5. The van der Waals surface area contributed by atoms with E-state index in [0.717, 1.165) is 14.7 Å². The Morgan fingerprint density at radius 3 is 1.51 bits per heavy atom. The normalized spacial score (nSPS) is 12.3. The molecular formula is C57H84N8O19. The van der Waals surface area contributed by atoms with E-state index in [1.54, 1.807) is 70.5 Å². The standard InChI is InChI=1S/C57H84N8O19/c1-41(2)56(60-49(68)37-62(5)54(73)39-64(7)55(74)38-63(6)53(72)33-43-9-13-47(14-10-43)65-51(70)15-16-52(65)71)57(75)58-35-48(67)59-46-12-11-44(40-84-42(3)66)45(34-46)36-61(4)50(69)17-18-77-21-22-79-25-26-81-29-30-83-32-31-82-28-27-80-24-23-78-20-19-76-8/h9-16,34,41,56H,17-33,35-40H2,1-8H3,(H,58,75)(H,59,67)(H,60,68). The predicted molar refractivity (Wildman–Crippen MR) is 304 cm³/mol. The molecule has 0 radical (unpaired) electrons. The summed E-state index contributed by atoms with van der Waals surface area (Å²) in [6, 6.07) is 10.0. The summed E-state index contributed by atoms with van der Waals surface area (Å²) < 4.78 is 48.4. The Hall–Kier alpha value is -7.24. The number of esters is 1. The lowest BCUT2D eigenvalue weighted by Gasteiger charge is -2.25. The van der Waals surface area contributed by atoms with Gasteiger partial charge in [0.25, 0.3) is 11.8 Å². The molecule has 1 atom stereocenters. The van der Waals surface area contributed by atoms with Gasteiger partial charge in [-0.05, 0) is 46.9 Å². The summed E-state index contributed by atoms with van der Waals surface area (Å²) in [4.78, 5) is 133. The van der Waals surface area contributed by atoms with E-state index in [1.807, 2.05) is 0 Å². The van der Waals surface area contributed by atoms with E-state index < -0.39 is 84.8 Å². The maximum Gasteiger partial charge on any atom is 0.302 e. The molecular weight excluding hydrogens is 1100 g/mol. The summed E-state index contributed by atoms with van der Waals surface area (Å²) in [5, 5.41) is 7.85. The van der Waals surface area contributed by atoms with Gasteiger partial charge in [-0.15, -0.1) is 0 Å². The highest BCUT2D eigenvalue weighted by molar-refractivity contribution is 6.28. The number of amides is 9. The van der Waals surface area contributed by atoms with E-state index >= 15 is 0 Å². The molecule has 0 fully saturated rings. The zero-order valence-electron chi connectivity index (χ0n) is 49.6. The molecule has 1 aliphatic heterocycles. The van der Waals surface area contributed by atoms with Crippen molar-refractivity contribution in [2.24, 2.45) is 5.92 Å². The topological polar surface area (TPSA) is 306 Å². The first kappa shape index (κ1) is 71.0. The van der Waals surface area contributed by atoms with Gasteiger partial charge in [-0.3, -0.25) is 47.9 Å². The van der Waals surface area contributed by atoms with Crippen LogP contribution in [-0.4, -0.2) is 245 Å². The minimum Gasteiger partial charge on any atom is -0.461 e. The number of hydrogen-bond donors (Lipinski definition) is 3. The first-order valence-corrected chi connectivity index (χ1v) is 27.5. The van der Waals surface area contributed by atoms with E-state index in [4.69, 9.17) is 42.6 Å². The lowest BCUT2D eigenvalue weighted by atomic mass is 10.0. The number of methoxy groups -OCH3 is 1. The molecule has 0 spiro atoms. The summed E-state index contributed by atoms with van der Waals surface area (Å²) in [7, 11) is 7.39. The monoisotopic (exact) mass is 1180 g/mol. The molecule has 1 heterocycles. The van der Waals surface area contributed by atoms with Crippen molar-refractivity contribution in [1.82, 2.24) is 30.2 Å². The molecule has 0 aromatic heterocycles. The fourth-order valence-electron chi connectivity index (χ4n) is 7.52. The van der Waals surface area contributed by atoms with Crippen molar-refractivity contribution in [2.45, 2.75) is 52.8 Å². The van der Waals surface area contributed by atoms with Crippen LogP contribution < -0.4 is 20.9 Å². The molecule has 27 nitrogen and oxygen atoms in total. The Kier molecular flexibility index (Phi) is 33.9. The molecule has 3 rings (SSSR count). The highest BCUT2D eigenvalue weighted by atomic mass is 16.6. The van der Waals surface area contributed by atoms with Crippen LogP contribution in [0.1, 0.15) is 43.9 Å². The fourth-order valence-corrected chi connectivity index (χ4v) is 7.52. The minimum atomic E-state index is -1.10. The van der Waals surface area contributed by atoms with Crippen LogP contribution >= 0.6 is 0 Å². The van der Waals surface area contributed by atoms with Gasteiger partial charge in [-0.25, -0.2) is 4.90 Å². The van der Waals surface area contributed by atoms with Crippen LogP contribution in [0.15, 0.2) is 54.6 Å². The molecule has 3 N–H and O–H groups in total.